The molecule has 0 spiro atoms. The minimum absolute atomic E-state index is 0.0509. The quantitative estimate of drug-likeness (QED) is 0.0257. The minimum atomic E-state index is -5.08. The monoisotopic (exact) mass is 1160 g/mol. The van der Waals surface area contributed by atoms with Gasteiger partial charge in [-0.15, -0.1) is 0 Å². The summed E-state index contributed by atoms with van der Waals surface area (Å²) in [6.45, 7) is 8.09. The molecule has 0 amide bonds. The molecule has 80 heavy (non-hydrogen) atoms. The van der Waals surface area contributed by atoms with Crippen molar-refractivity contribution in [1.82, 2.24) is 0 Å². The number of Topliss-reactive ketones (excluding diaryl/α,β-unsaturated/α-hetero) is 1. The second-order valence-corrected chi connectivity index (χ2v) is 27.0. The van der Waals surface area contributed by atoms with Crippen LogP contribution in [-0.4, -0.2) is 65.5 Å². The molecule has 0 aliphatic rings. The fraction of sp³-hybridized carbons (Fsp3) is 0.986. The van der Waals surface area contributed by atoms with Gasteiger partial charge in [0, 0.05) is 6.42 Å². The van der Waals surface area contributed by atoms with Crippen molar-refractivity contribution in [1.29, 1.82) is 0 Å². The molecule has 0 aliphatic heterocycles. The fourth-order valence-corrected chi connectivity index (χ4v) is 13.1. The third kappa shape index (κ3) is 43.3. The maximum absolute atomic E-state index is 15.0. The van der Waals surface area contributed by atoms with Gasteiger partial charge in [-0.3, -0.25) is 9.32 Å². The number of unbranched alkanes of at least 4 members (excludes halogenated alkanes) is 52. The smallest absolute Gasteiger partial charge is 0.388 e. The first-order chi connectivity index (χ1) is 38.8. The van der Waals surface area contributed by atoms with Crippen molar-refractivity contribution < 1.29 is 44.1 Å². The number of aliphatic hydroxyl groups excluding tert-OH is 1. The first-order valence-electron chi connectivity index (χ1n) is 35.9. The van der Waals surface area contributed by atoms with Gasteiger partial charge in [-0.25, -0.2) is 4.57 Å². The molecule has 0 heterocycles. The first-order valence-corrected chi connectivity index (χ1v) is 37.4. The van der Waals surface area contributed by atoms with Crippen molar-refractivity contribution in [2.75, 3.05) is 6.61 Å². The lowest BCUT2D eigenvalue weighted by atomic mass is 9.60. The second-order valence-electron chi connectivity index (χ2n) is 25.8. The van der Waals surface area contributed by atoms with Gasteiger partial charge in [-0.1, -0.05) is 381 Å². The van der Waals surface area contributed by atoms with Crippen LogP contribution in [0.25, 0.3) is 0 Å². The highest BCUT2D eigenvalue weighted by Gasteiger charge is 2.65. The highest BCUT2D eigenvalue weighted by atomic mass is 31.2. The Balaban J connectivity index is 6.29. The standard InChI is InChI=1S/C70H141O9P/c1-5-9-13-17-21-25-29-33-37-41-45-49-53-57-61-66(71)68(73,62-58-54-50-46-42-38-34-30-26-22-18-14-10-6-2)70(75,64-60-56-52-48-44-40-36-32-28-24-20-16-12-8-4)69(74,67(72)65-79-80(76,77)78)63-59-55-51-47-43-39-35-31-27-23-19-15-11-7-3/h67,72-75H,5-65H2,1-4H3,(H2,76,77,78)/t67-,68+,69-,70-/m1/s1. The van der Waals surface area contributed by atoms with Gasteiger partial charge >= 0.3 is 7.82 Å². The van der Waals surface area contributed by atoms with Crippen molar-refractivity contribution in [2.45, 2.75) is 436 Å². The van der Waals surface area contributed by atoms with Gasteiger partial charge in [0.1, 0.15) is 17.3 Å². The topological polar surface area (TPSA) is 165 Å². The summed E-state index contributed by atoms with van der Waals surface area (Å²) >= 11 is 0. The zero-order chi connectivity index (χ0) is 59.0. The number of carbonyl (C=O) groups is 1. The van der Waals surface area contributed by atoms with Crippen LogP contribution < -0.4 is 0 Å². The Labute approximate surface area is 498 Å². The van der Waals surface area contributed by atoms with E-state index in [1.807, 2.05) is 0 Å². The summed E-state index contributed by atoms with van der Waals surface area (Å²) < 4.78 is 17.0. The molecular formula is C70H141O9P. The summed E-state index contributed by atoms with van der Waals surface area (Å²) in [4.78, 5) is 34.6. The van der Waals surface area contributed by atoms with Crippen LogP contribution in [0.1, 0.15) is 413 Å². The van der Waals surface area contributed by atoms with E-state index in [0.29, 0.717) is 32.1 Å². The molecule has 0 saturated carbocycles. The van der Waals surface area contributed by atoms with Gasteiger partial charge in [0.25, 0.3) is 0 Å². The Morgan fingerprint density at radius 2 is 0.550 bits per heavy atom. The zero-order valence-electron chi connectivity index (χ0n) is 54.1. The Morgan fingerprint density at radius 1 is 0.338 bits per heavy atom. The largest absolute Gasteiger partial charge is 0.469 e. The SMILES string of the molecule is CCCCCCCCCCCCCCCCC(=O)[C@@](O)(CCCCCCCCCCCCCCCC)[C@](O)(CCCCCCCCCCCCCCCC)[C@@](O)(CCCCCCCCCCCCCCCC)[C@H](O)COP(=O)(O)O. The highest BCUT2D eigenvalue weighted by molar-refractivity contribution is 7.46. The lowest BCUT2D eigenvalue weighted by Crippen LogP contribution is -2.74. The lowest BCUT2D eigenvalue weighted by molar-refractivity contribution is -0.277. The van der Waals surface area contributed by atoms with Crippen LogP contribution in [0.4, 0.5) is 0 Å². The van der Waals surface area contributed by atoms with Gasteiger partial charge in [-0.2, -0.15) is 0 Å². The molecule has 0 unspecified atom stereocenters. The molecule has 0 saturated heterocycles. The lowest BCUT2D eigenvalue weighted by Gasteiger charge is -2.54. The van der Waals surface area contributed by atoms with E-state index < -0.39 is 43.1 Å². The molecule has 0 aromatic heterocycles. The van der Waals surface area contributed by atoms with Crippen LogP contribution in [-0.2, 0) is 13.9 Å². The maximum Gasteiger partial charge on any atom is 0.469 e. The van der Waals surface area contributed by atoms with Gasteiger partial charge in [0.15, 0.2) is 11.4 Å². The molecule has 9 nitrogen and oxygen atoms in total. The Kier molecular flexibility index (Phi) is 56.2. The summed E-state index contributed by atoms with van der Waals surface area (Å²) in [5.74, 6) is -0.499. The third-order valence-electron chi connectivity index (χ3n) is 18.3. The van der Waals surface area contributed by atoms with Gasteiger partial charge in [0.2, 0.25) is 0 Å². The molecule has 0 radical (unpaired) electrons. The van der Waals surface area contributed by atoms with Gasteiger partial charge < -0.3 is 30.2 Å². The Bertz CT molecular complexity index is 1340. The molecule has 4 atom stereocenters. The summed E-state index contributed by atoms with van der Waals surface area (Å²) in [5, 5.41) is 51.9. The van der Waals surface area contributed by atoms with Crippen LogP contribution in [0.2, 0.25) is 0 Å². The summed E-state index contributed by atoms with van der Waals surface area (Å²) in [5.41, 5.74) is -7.36. The fourth-order valence-electron chi connectivity index (χ4n) is 12.7. The zero-order valence-corrected chi connectivity index (χ0v) is 55.0. The van der Waals surface area contributed by atoms with Crippen LogP contribution in [0.5, 0.6) is 0 Å². The number of hydrogen-bond acceptors (Lipinski definition) is 7. The molecule has 0 aromatic carbocycles. The number of ketones is 1. The molecule has 0 rings (SSSR count). The van der Waals surface area contributed by atoms with Crippen LogP contribution in [0.15, 0.2) is 0 Å². The summed E-state index contributed by atoms with van der Waals surface area (Å²) in [6, 6.07) is 0. The van der Waals surface area contributed by atoms with Crippen molar-refractivity contribution in [3.8, 4) is 0 Å². The molecule has 6 N–H and O–H groups in total. The van der Waals surface area contributed by atoms with Crippen molar-refractivity contribution in [3.05, 3.63) is 0 Å². The normalized spacial score (nSPS) is 14.8. The first kappa shape index (κ1) is 79.6. The molecule has 0 aromatic rings. The Hall–Kier alpha value is -0.380. The van der Waals surface area contributed by atoms with E-state index in [2.05, 4.69) is 27.7 Å². The third-order valence-corrected chi connectivity index (χ3v) is 18.8. The number of aliphatic hydroxyl groups is 4. The maximum atomic E-state index is 15.0. The average Bonchev–Trinajstić information content (AvgIpc) is 3.47. The number of phosphoric ester groups is 1. The van der Waals surface area contributed by atoms with Crippen molar-refractivity contribution in [2.24, 2.45) is 0 Å². The van der Waals surface area contributed by atoms with Gasteiger partial charge in [0.05, 0.1) is 6.61 Å². The highest BCUT2D eigenvalue weighted by Crippen LogP contribution is 2.48. The molecular weight excluding hydrogens is 1020 g/mol. The summed E-state index contributed by atoms with van der Waals surface area (Å²) in [7, 11) is -5.08. The molecule has 0 bridgehead atoms. The van der Waals surface area contributed by atoms with E-state index >= 15 is 0 Å². The van der Waals surface area contributed by atoms with E-state index in [-0.39, 0.29) is 25.7 Å². The van der Waals surface area contributed by atoms with Crippen LogP contribution in [0.3, 0.4) is 0 Å². The number of rotatable bonds is 67. The van der Waals surface area contributed by atoms with Gasteiger partial charge in [-0.05, 0) is 25.7 Å². The van der Waals surface area contributed by atoms with E-state index in [9.17, 15) is 39.6 Å². The van der Waals surface area contributed by atoms with E-state index in [1.165, 1.54) is 238 Å². The average molecular weight is 1160 g/mol. The van der Waals surface area contributed by atoms with Crippen LogP contribution in [0, 0.1) is 0 Å². The molecule has 10 heteroatoms. The van der Waals surface area contributed by atoms with Crippen molar-refractivity contribution >= 4 is 13.6 Å². The number of hydrogen-bond donors (Lipinski definition) is 6. The molecule has 480 valence electrons. The number of carbonyl (C=O) groups excluding carboxylic acids is 1. The predicted octanol–water partition coefficient (Wildman–Crippen LogP) is 21.7. The second kappa shape index (κ2) is 56.4. The van der Waals surface area contributed by atoms with E-state index in [1.54, 1.807) is 0 Å². The molecule has 0 aliphatic carbocycles. The minimum Gasteiger partial charge on any atom is -0.388 e. The Morgan fingerprint density at radius 3 is 0.800 bits per heavy atom. The van der Waals surface area contributed by atoms with Crippen LogP contribution >= 0.6 is 7.82 Å². The predicted molar refractivity (Wildman–Crippen MR) is 344 cm³/mol. The molecule has 0 fully saturated rings. The number of phosphoric acid groups is 1. The summed E-state index contributed by atoms with van der Waals surface area (Å²) in [6.07, 6.45) is 61.9. The van der Waals surface area contributed by atoms with E-state index in [0.717, 1.165) is 89.9 Å². The van der Waals surface area contributed by atoms with Crippen molar-refractivity contribution in [3.63, 3.8) is 0 Å². The van der Waals surface area contributed by atoms with E-state index in [4.69, 9.17) is 4.52 Å².